The number of hydrogen-bond acceptors (Lipinski definition) is 4. The van der Waals surface area contributed by atoms with Crippen molar-refractivity contribution in [3.05, 3.63) is 23.8 Å². The lowest BCUT2D eigenvalue weighted by atomic mass is 9.96. The first-order valence-electron chi connectivity index (χ1n) is 8.47. The number of carbonyl (C=O) groups is 1. The molecule has 134 valence electrons. The van der Waals surface area contributed by atoms with Crippen molar-refractivity contribution in [2.45, 2.75) is 45.7 Å². The lowest BCUT2D eigenvalue weighted by Gasteiger charge is -2.39. The summed E-state index contributed by atoms with van der Waals surface area (Å²) in [5, 5.41) is 0. The standard InChI is InChI=1S/C19H29NO4/c1-19(2,3)20(18(21)14-7-6-10-24-13-14)12-15-11-16(22-4)8-9-17(15)23-5/h8-9,11,14H,6-7,10,12-13H2,1-5H3. The molecule has 0 bridgehead atoms. The minimum absolute atomic E-state index is 0.0606. The summed E-state index contributed by atoms with van der Waals surface area (Å²) in [4.78, 5) is 15.0. The highest BCUT2D eigenvalue weighted by Crippen LogP contribution is 2.29. The van der Waals surface area contributed by atoms with Gasteiger partial charge in [0.15, 0.2) is 0 Å². The van der Waals surface area contributed by atoms with Crippen LogP contribution in [-0.4, -0.2) is 43.8 Å². The molecule has 0 saturated carbocycles. The van der Waals surface area contributed by atoms with Crippen LogP contribution in [0, 0.1) is 5.92 Å². The fourth-order valence-corrected chi connectivity index (χ4v) is 2.98. The lowest BCUT2D eigenvalue weighted by Crippen LogP contribution is -2.49. The van der Waals surface area contributed by atoms with E-state index in [-0.39, 0.29) is 17.4 Å². The minimum Gasteiger partial charge on any atom is -0.497 e. The topological polar surface area (TPSA) is 48.0 Å². The van der Waals surface area contributed by atoms with Crippen LogP contribution in [0.5, 0.6) is 11.5 Å². The van der Waals surface area contributed by atoms with Crippen LogP contribution in [0.25, 0.3) is 0 Å². The number of benzene rings is 1. The zero-order chi connectivity index (χ0) is 17.7. The Hall–Kier alpha value is -1.75. The van der Waals surface area contributed by atoms with Crippen molar-refractivity contribution in [3.8, 4) is 11.5 Å². The van der Waals surface area contributed by atoms with Gasteiger partial charge in [-0.05, 0) is 51.8 Å². The first kappa shape index (κ1) is 18.6. The first-order valence-corrected chi connectivity index (χ1v) is 8.47. The summed E-state index contributed by atoms with van der Waals surface area (Å²) in [5.74, 6) is 1.60. The number of hydrogen-bond donors (Lipinski definition) is 0. The largest absolute Gasteiger partial charge is 0.497 e. The molecule has 1 aliphatic rings. The average molecular weight is 335 g/mol. The molecule has 1 aliphatic heterocycles. The van der Waals surface area contributed by atoms with Crippen LogP contribution < -0.4 is 9.47 Å². The van der Waals surface area contributed by atoms with E-state index >= 15 is 0 Å². The number of amides is 1. The summed E-state index contributed by atoms with van der Waals surface area (Å²) in [5.41, 5.74) is 0.652. The minimum atomic E-state index is -0.289. The molecule has 1 amide bonds. The Morgan fingerprint density at radius 2 is 2.04 bits per heavy atom. The Morgan fingerprint density at radius 1 is 1.29 bits per heavy atom. The number of methoxy groups -OCH3 is 2. The SMILES string of the molecule is COc1ccc(OC)c(CN(C(=O)C2CCCOC2)C(C)(C)C)c1. The van der Waals surface area contributed by atoms with E-state index in [2.05, 4.69) is 20.8 Å². The number of rotatable bonds is 5. The Morgan fingerprint density at radius 3 is 2.58 bits per heavy atom. The van der Waals surface area contributed by atoms with Crippen molar-refractivity contribution in [2.75, 3.05) is 27.4 Å². The quantitative estimate of drug-likeness (QED) is 0.829. The third-order valence-electron chi connectivity index (χ3n) is 4.40. The second-order valence-corrected chi connectivity index (χ2v) is 7.19. The summed E-state index contributed by atoms with van der Waals surface area (Å²) >= 11 is 0. The first-order chi connectivity index (χ1) is 11.4. The molecule has 1 fully saturated rings. The Kier molecular flexibility index (Phi) is 6.10. The van der Waals surface area contributed by atoms with Crippen LogP contribution in [0.3, 0.4) is 0 Å². The lowest BCUT2D eigenvalue weighted by molar-refractivity contribution is -0.145. The van der Waals surface area contributed by atoms with Gasteiger partial charge >= 0.3 is 0 Å². The number of nitrogens with zero attached hydrogens (tertiary/aromatic N) is 1. The van der Waals surface area contributed by atoms with E-state index in [1.807, 2.05) is 23.1 Å². The molecule has 2 rings (SSSR count). The molecule has 0 N–H and O–H groups in total. The van der Waals surface area contributed by atoms with Crippen molar-refractivity contribution >= 4 is 5.91 Å². The van der Waals surface area contributed by atoms with Crippen LogP contribution in [0.1, 0.15) is 39.2 Å². The maximum Gasteiger partial charge on any atom is 0.228 e. The zero-order valence-corrected chi connectivity index (χ0v) is 15.4. The molecule has 1 atom stereocenters. The molecule has 0 aromatic heterocycles. The van der Waals surface area contributed by atoms with E-state index in [9.17, 15) is 4.79 Å². The molecule has 0 aliphatic carbocycles. The van der Waals surface area contributed by atoms with Gasteiger partial charge in [0.2, 0.25) is 5.91 Å². The smallest absolute Gasteiger partial charge is 0.228 e. The maximum atomic E-state index is 13.1. The summed E-state index contributed by atoms with van der Waals surface area (Å²) < 4.78 is 16.3. The predicted molar refractivity (Wildman–Crippen MR) is 93.4 cm³/mol. The van der Waals surface area contributed by atoms with Gasteiger partial charge in [-0.1, -0.05) is 0 Å². The predicted octanol–water partition coefficient (Wildman–Crippen LogP) is 3.26. The van der Waals surface area contributed by atoms with E-state index in [1.165, 1.54) is 0 Å². The molecule has 0 spiro atoms. The van der Waals surface area contributed by atoms with E-state index in [1.54, 1.807) is 14.2 Å². The molecule has 0 radical (unpaired) electrons. The summed E-state index contributed by atoms with van der Waals surface area (Å²) in [7, 11) is 3.28. The van der Waals surface area contributed by atoms with E-state index in [4.69, 9.17) is 14.2 Å². The van der Waals surface area contributed by atoms with Gasteiger partial charge in [-0.3, -0.25) is 4.79 Å². The Balaban J connectivity index is 2.27. The van der Waals surface area contributed by atoms with Crippen LogP contribution in [-0.2, 0) is 16.1 Å². The second-order valence-electron chi connectivity index (χ2n) is 7.19. The monoisotopic (exact) mass is 335 g/mol. The van der Waals surface area contributed by atoms with Crippen molar-refractivity contribution in [1.82, 2.24) is 4.90 Å². The van der Waals surface area contributed by atoms with Crippen LogP contribution >= 0.6 is 0 Å². The maximum absolute atomic E-state index is 13.1. The molecule has 1 aromatic carbocycles. The molecule has 5 heteroatoms. The average Bonchev–Trinajstić information content (AvgIpc) is 2.58. The van der Waals surface area contributed by atoms with Gasteiger partial charge in [0.1, 0.15) is 11.5 Å². The molecule has 1 heterocycles. The third-order valence-corrected chi connectivity index (χ3v) is 4.40. The van der Waals surface area contributed by atoms with Crippen molar-refractivity contribution in [1.29, 1.82) is 0 Å². The molecular weight excluding hydrogens is 306 g/mol. The Bertz CT molecular complexity index is 559. The molecule has 1 unspecified atom stereocenters. The van der Waals surface area contributed by atoms with Gasteiger partial charge in [-0.2, -0.15) is 0 Å². The van der Waals surface area contributed by atoms with E-state index < -0.39 is 0 Å². The highest BCUT2D eigenvalue weighted by Gasteiger charge is 2.33. The van der Waals surface area contributed by atoms with Gasteiger partial charge in [0.25, 0.3) is 0 Å². The van der Waals surface area contributed by atoms with Gasteiger partial charge in [0, 0.05) is 24.3 Å². The number of carbonyl (C=O) groups excluding carboxylic acids is 1. The molecule has 1 saturated heterocycles. The molecule has 5 nitrogen and oxygen atoms in total. The summed E-state index contributed by atoms with van der Waals surface area (Å²) in [6, 6.07) is 5.67. The summed E-state index contributed by atoms with van der Waals surface area (Å²) in [6.07, 6.45) is 1.83. The fraction of sp³-hybridized carbons (Fsp3) is 0.632. The fourth-order valence-electron chi connectivity index (χ4n) is 2.98. The second kappa shape index (κ2) is 7.88. The Labute approximate surface area is 144 Å². The molecule has 1 aromatic rings. The highest BCUT2D eigenvalue weighted by molar-refractivity contribution is 5.80. The van der Waals surface area contributed by atoms with Gasteiger partial charge < -0.3 is 19.1 Å². The van der Waals surface area contributed by atoms with E-state index in [0.717, 1.165) is 36.5 Å². The van der Waals surface area contributed by atoms with Gasteiger partial charge in [-0.25, -0.2) is 0 Å². The van der Waals surface area contributed by atoms with E-state index in [0.29, 0.717) is 13.2 Å². The van der Waals surface area contributed by atoms with Crippen molar-refractivity contribution in [3.63, 3.8) is 0 Å². The van der Waals surface area contributed by atoms with Crippen molar-refractivity contribution < 1.29 is 19.0 Å². The zero-order valence-electron chi connectivity index (χ0n) is 15.4. The highest BCUT2D eigenvalue weighted by atomic mass is 16.5. The van der Waals surface area contributed by atoms with Crippen LogP contribution in [0.15, 0.2) is 18.2 Å². The third kappa shape index (κ3) is 4.41. The van der Waals surface area contributed by atoms with Crippen LogP contribution in [0.4, 0.5) is 0 Å². The van der Waals surface area contributed by atoms with Gasteiger partial charge in [-0.15, -0.1) is 0 Å². The number of ether oxygens (including phenoxy) is 3. The normalized spacial score (nSPS) is 18.1. The van der Waals surface area contributed by atoms with Crippen LogP contribution in [0.2, 0.25) is 0 Å². The molecular formula is C19H29NO4. The summed E-state index contributed by atoms with van der Waals surface area (Å²) in [6.45, 7) is 7.92. The molecule has 24 heavy (non-hydrogen) atoms. The van der Waals surface area contributed by atoms with Gasteiger partial charge in [0.05, 0.1) is 26.7 Å². The van der Waals surface area contributed by atoms with Crippen molar-refractivity contribution in [2.24, 2.45) is 5.92 Å².